The minimum absolute atomic E-state index is 0.164. The van der Waals surface area contributed by atoms with Crippen molar-refractivity contribution in [2.45, 2.75) is 32.6 Å². The lowest BCUT2D eigenvalue weighted by atomic mass is 9.87. The maximum atomic E-state index is 10.9. The number of carboxylic acids is 1. The van der Waals surface area contributed by atoms with E-state index in [1.807, 2.05) is 6.08 Å². The molecule has 0 fully saturated rings. The first kappa shape index (κ1) is 13.7. The molecule has 19 heavy (non-hydrogen) atoms. The Hall–Kier alpha value is -1.77. The van der Waals surface area contributed by atoms with Gasteiger partial charge in [-0.15, -0.1) is 0 Å². The zero-order valence-corrected chi connectivity index (χ0v) is 11.8. The third-order valence-corrected chi connectivity index (χ3v) is 3.58. The van der Waals surface area contributed by atoms with E-state index in [9.17, 15) is 4.79 Å². The second-order valence-electron chi connectivity index (χ2n) is 6.03. The minimum atomic E-state index is -0.789. The van der Waals surface area contributed by atoms with E-state index in [0.29, 0.717) is 18.5 Å². The molecular weight excluding hydrogens is 238 g/mol. The molecule has 1 N–H and O–H groups in total. The number of aliphatic carboxylic acids is 1. The standard InChI is InChI=1S/C16H21NO2/c1-16(2,3)13-4-6-14(7-5-13)17-10-8-12(9-11-17)15(18)19/h4-8H,9-11H2,1-3H3,(H,18,19). The fraction of sp³-hybridized carbons (Fsp3) is 0.438. The van der Waals surface area contributed by atoms with Crippen molar-refractivity contribution in [3.05, 3.63) is 41.5 Å². The number of benzene rings is 1. The number of hydrogen-bond donors (Lipinski definition) is 1. The van der Waals surface area contributed by atoms with Crippen LogP contribution in [0.3, 0.4) is 0 Å². The molecular formula is C16H21NO2. The summed E-state index contributed by atoms with van der Waals surface area (Å²) in [5.41, 5.74) is 3.17. The molecule has 0 spiro atoms. The Bertz CT molecular complexity index is 494. The van der Waals surface area contributed by atoms with Crippen LogP contribution < -0.4 is 4.90 Å². The summed E-state index contributed by atoms with van der Waals surface area (Å²) in [5.74, 6) is -0.789. The molecule has 0 saturated carbocycles. The van der Waals surface area contributed by atoms with Crippen LogP contribution in [0.4, 0.5) is 5.69 Å². The first-order valence-electron chi connectivity index (χ1n) is 6.66. The van der Waals surface area contributed by atoms with Gasteiger partial charge in [0.15, 0.2) is 0 Å². The van der Waals surface area contributed by atoms with Crippen molar-refractivity contribution in [1.82, 2.24) is 0 Å². The van der Waals surface area contributed by atoms with Crippen molar-refractivity contribution in [3.8, 4) is 0 Å². The van der Waals surface area contributed by atoms with E-state index in [2.05, 4.69) is 49.9 Å². The highest BCUT2D eigenvalue weighted by molar-refractivity contribution is 5.87. The Morgan fingerprint density at radius 3 is 2.26 bits per heavy atom. The first-order valence-corrected chi connectivity index (χ1v) is 6.66. The Labute approximate surface area is 114 Å². The SMILES string of the molecule is CC(C)(C)c1ccc(N2CC=C(C(=O)O)CC2)cc1. The Kier molecular flexibility index (Phi) is 3.65. The Morgan fingerprint density at radius 2 is 1.84 bits per heavy atom. The van der Waals surface area contributed by atoms with Crippen LogP contribution in [-0.4, -0.2) is 24.2 Å². The molecule has 0 bridgehead atoms. The van der Waals surface area contributed by atoms with Crippen LogP contribution in [0.5, 0.6) is 0 Å². The van der Waals surface area contributed by atoms with Gasteiger partial charge in [0.2, 0.25) is 0 Å². The molecule has 1 aromatic rings. The first-order chi connectivity index (χ1) is 8.88. The summed E-state index contributed by atoms with van der Waals surface area (Å²) in [6.07, 6.45) is 2.42. The van der Waals surface area contributed by atoms with Crippen LogP contribution in [0.15, 0.2) is 35.9 Å². The number of carboxylic acid groups (broad SMARTS) is 1. The maximum Gasteiger partial charge on any atom is 0.331 e. The fourth-order valence-electron chi connectivity index (χ4n) is 2.27. The van der Waals surface area contributed by atoms with Gasteiger partial charge in [-0.2, -0.15) is 0 Å². The molecule has 3 nitrogen and oxygen atoms in total. The maximum absolute atomic E-state index is 10.9. The summed E-state index contributed by atoms with van der Waals surface area (Å²) < 4.78 is 0. The predicted octanol–water partition coefficient (Wildman–Crippen LogP) is 3.21. The highest BCUT2D eigenvalue weighted by Gasteiger charge is 2.17. The van der Waals surface area contributed by atoms with Gasteiger partial charge >= 0.3 is 5.97 Å². The molecule has 0 aromatic heterocycles. The van der Waals surface area contributed by atoms with E-state index in [4.69, 9.17) is 5.11 Å². The van der Waals surface area contributed by atoms with Gasteiger partial charge in [0.05, 0.1) is 0 Å². The van der Waals surface area contributed by atoms with Crippen molar-refractivity contribution in [1.29, 1.82) is 0 Å². The number of hydrogen-bond acceptors (Lipinski definition) is 2. The van der Waals surface area contributed by atoms with Gasteiger partial charge in [-0.05, 0) is 29.5 Å². The van der Waals surface area contributed by atoms with Crippen molar-refractivity contribution in [3.63, 3.8) is 0 Å². The van der Waals surface area contributed by atoms with Crippen molar-refractivity contribution < 1.29 is 9.90 Å². The molecule has 3 heteroatoms. The van der Waals surface area contributed by atoms with Crippen LogP contribution in [0.25, 0.3) is 0 Å². The molecule has 1 heterocycles. The lowest BCUT2D eigenvalue weighted by Crippen LogP contribution is -2.30. The molecule has 0 saturated heterocycles. The zero-order valence-electron chi connectivity index (χ0n) is 11.8. The van der Waals surface area contributed by atoms with Gasteiger partial charge in [0.25, 0.3) is 0 Å². The van der Waals surface area contributed by atoms with E-state index in [1.54, 1.807) is 0 Å². The van der Waals surface area contributed by atoms with Crippen LogP contribution in [0, 0.1) is 0 Å². The second kappa shape index (κ2) is 5.08. The molecule has 0 atom stereocenters. The third-order valence-electron chi connectivity index (χ3n) is 3.58. The molecule has 1 aliphatic rings. The number of rotatable bonds is 2. The van der Waals surface area contributed by atoms with Gasteiger partial charge in [0, 0.05) is 24.4 Å². The van der Waals surface area contributed by atoms with E-state index >= 15 is 0 Å². The number of anilines is 1. The number of nitrogens with zero attached hydrogens (tertiary/aromatic N) is 1. The van der Waals surface area contributed by atoms with Gasteiger partial charge in [-0.1, -0.05) is 39.0 Å². The van der Waals surface area contributed by atoms with E-state index < -0.39 is 5.97 Å². The average molecular weight is 259 g/mol. The second-order valence-corrected chi connectivity index (χ2v) is 6.03. The molecule has 0 amide bonds. The monoisotopic (exact) mass is 259 g/mol. The molecule has 0 radical (unpaired) electrons. The van der Waals surface area contributed by atoms with Crippen LogP contribution in [0.1, 0.15) is 32.8 Å². The summed E-state index contributed by atoms with van der Waals surface area (Å²) in [7, 11) is 0. The normalized spacial score (nSPS) is 16.2. The number of carbonyl (C=O) groups is 1. The Morgan fingerprint density at radius 1 is 1.21 bits per heavy atom. The fourth-order valence-corrected chi connectivity index (χ4v) is 2.27. The van der Waals surface area contributed by atoms with Crippen molar-refractivity contribution >= 4 is 11.7 Å². The largest absolute Gasteiger partial charge is 0.478 e. The van der Waals surface area contributed by atoms with E-state index in [1.165, 1.54) is 5.56 Å². The van der Waals surface area contributed by atoms with Gasteiger partial charge in [0.1, 0.15) is 0 Å². The van der Waals surface area contributed by atoms with Crippen molar-refractivity contribution in [2.24, 2.45) is 0 Å². The summed E-state index contributed by atoms with van der Waals surface area (Å²) >= 11 is 0. The van der Waals surface area contributed by atoms with Crippen LogP contribution in [-0.2, 0) is 10.2 Å². The smallest absolute Gasteiger partial charge is 0.331 e. The molecule has 0 unspecified atom stereocenters. The van der Waals surface area contributed by atoms with Crippen molar-refractivity contribution in [2.75, 3.05) is 18.0 Å². The van der Waals surface area contributed by atoms with Gasteiger partial charge in [-0.25, -0.2) is 4.79 Å². The lowest BCUT2D eigenvalue weighted by molar-refractivity contribution is -0.132. The zero-order chi connectivity index (χ0) is 14.0. The highest BCUT2D eigenvalue weighted by atomic mass is 16.4. The van der Waals surface area contributed by atoms with E-state index in [0.717, 1.165) is 12.2 Å². The topological polar surface area (TPSA) is 40.5 Å². The van der Waals surface area contributed by atoms with Gasteiger partial charge in [-0.3, -0.25) is 0 Å². The molecule has 0 aliphatic carbocycles. The molecule has 1 aliphatic heterocycles. The average Bonchev–Trinajstić information content (AvgIpc) is 2.38. The minimum Gasteiger partial charge on any atom is -0.478 e. The molecule has 102 valence electrons. The summed E-state index contributed by atoms with van der Waals surface area (Å²) in [6.45, 7) is 8.05. The lowest BCUT2D eigenvalue weighted by Gasteiger charge is -2.28. The summed E-state index contributed by atoms with van der Waals surface area (Å²) in [6, 6.07) is 8.57. The van der Waals surface area contributed by atoms with Crippen LogP contribution in [0.2, 0.25) is 0 Å². The molecule has 1 aromatic carbocycles. The Balaban J connectivity index is 2.11. The van der Waals surface area contributed by atoms with Gasteiger partial charge < -0.3 is 10.0 Å². The van der Waals surface area contributed by atoms with E-state index in [-0.39, 0.29) is 5.41 Å². The quantitative estimate of drug-likeness (QED) is 0.886. The predicted molar refractivity (Wildman–Crippen MR) is 77.7 cm³/mol. The highest BCUT2D eigenvalue weighted by Crippen LogP contribution is 2.26. The third kappa shape index (κ3) is 3.16. The molecule has 2 rings (SSSR count). The van der Waals surface area contributed by atoms with Crippen LogP contribution >= 0.6 is 0 Å². The summed E-state index contributed by atoms with van der Waals surface area (Å²) in [5, 5.41) is 8.93. The summed E-state index contributed by atoms with van der Waals surface area (Å²) in [4.78, 5) is 13.1.